The number of carbonyl (C=O) groups excluding carboxylic acids is 1. The first-order valence-corrected chi connectivity index (χ1v) is 11.9. The predicted molar refractivity (Wildman–Crippen MR) is 124 cm³/mol. The van der Waals surface area contributed by atoms with Gasteiger partial charge < -0.3 is 10.3 Å². The van der Waals surface area contributed by atoms with Crippen molar-refractivity contribution < 1.29 is 4.79 Å². The van der Waals surface area contributed by atoms with Gasteiger partial charge in [0.2, 0.25) is 0 Å². The van der Waals surface area contributed by atoms with Crippen LogP contribution in [0.15, 0.2) is 14.7 Å². The zero-order valence-corrected chi connectivity index (χ0v) is 19.9. The third-order valence-electron chi connectivity index (χ3n) is 6.04. The number of thioether (sulfide) groups is 1. The van der Waals surface area contributed by atoms with E-state index < -0.39 is 11.2 Å². The Kier molecular flexibility index (Phi) is 7.13. The van der Waals surface area contributed by atoms with Crippen molar-refractivity contribution in [2.24, 2.45) is 13.0 Å². The molecule has 0 unspecified atom stereocenters. The topological polar surface area (TPSA) is 105 Å². The predicted octanol–water partition coefficient (Wildman–Crippen LogP) is 3.08. The van der Waals surface area contributed by atoms with Crippen molar-refractivity contribution in [3.05, 3.63) is 37.8 Å². The van der Waals surface area contributed by atoms with Crippen molar-refractivity contribution in [3.63, 3.8) is 0 Å². The van der Waals surface area contributed by atoms with Gasteiger partial charge in [-0.15, -0.1) is 0 Å². The van der Waals surface area contributed by atoms with Crippen LogP contribution in [0.3, 0.4) is 0 Å². The summed E-state index contributed by atoms with van der Waals surface area (Å²) in [6.45, 7) is 8.29. The summed E-state index contributed by atoms with van der Waals surface area (Å²) in [5.74, 6) is -0.240. The smallest absolute Gasteiger partial charge is 0.332 e. The lowest BCUT2D eigenvalue weighted by molar-refractivity contribution is 0.102. The molecule has 0 bridgehead atoms. The molecule has 0 spiro atoms. The summed E-state index contributed by atoms with van der Waals surface area (Å²) in [7, 11) is 1.38. The van der Waals surface area contributed by atoms with E-state index in [0.717, 1.165) is 34.0 Å². The molecule has 1 saturated carbocycles. The van der Waals surface area contributed by atoms with Crippen molar-refractivity contribution in [3.8, 4) is 0 Å². The first-order chi connectivity index (χ1) is 14.6. The van der Waals surface area contributed by atoms with E-state index in [4.69, 9.17) is 5.73 Å². The molecule has 0 aliphatic heterocycles. The minimum absolute atomic E-state index is 0.0436. The molecular formula is C22H33N5O3S. The molecule has 8 nitrogen and oxygen atoms in total. The number of hydrogen-bond acceptors (Lipinski definition) is 6. The maximum absolute atomic E-state index is 13.1. The molecule has 3 rings (SSSR count). The second kappa shape index (κ2) is 9.46. The maximum Gasteiger partial charge on any atom is 0.332 e. The Morgan fingerprint density at radius 1 is 1.19 bits per heavy atom. The number of carbonyl (C=O) groups is 1. The maximum atomic E-state index is 13.1. The van der Waals surface area contributed by atoms with E-state index in [1.54, 1.807) is 0 Å². The Hall–Kier alpha value is -2.29. The lowest BCUT2D eigenvalue weighted by atomic mass is 9.95. The highest BCUT2D eigenvalue weighted by Crippen LogP contribution is 2.34. The van der Waals surface area contributed by atoms with Crippen molar-refractivity contribution in [1.82, 2.24) is 18.7 Å². The van der Waals surface area contributed by atoms with Crippen molar-refractivity contribution in [1.29, 1.82) is 0 Å². The first kappa shape index (κ1) is 23.4. The number of anilines is 1. The summed E-state index contributed by atoms with van der Waals surface area (Å²) in [6.07, 6.45) is 5.90. The normalized spacial score (nSPS) is 15.0. The molecule has 2 aromatic heterocycles. The van der Waals surface area contributed by atoms with E-state index in [2.05, 4.69) is 16.5 Å². The number of rotatable bonds is 7. The fourth-order valence-corrected chi connectivity index (χ4v) is 5.29. The van der Waals surface area contributed by atoms with E-state index in [9.17, 15) is 14.4 Å². The van der Waals surface area contributed by atoms with Gasteiger partial charge in [-0.05, 0) is 32.6 Å². The molecule has 0 aromatic carbocycles. The number of hydrogen-bond donors (Lipinski definition) is 1. The monoisotopic (exact) mass is 447 g/mol. The van der Waals surface area contributed by atoms with Crippen LogP contribution < -0.4 is 17.0 Å². The van der Waals surface area contributed by atoms with E-state index in [1.807, 2.05) is 20.8 Å². The standard InChI is InChI=1S/C22H33N5O3S/c1-13(2)11-26-19(23)18(20(29)25(5)22(26)30)17(28)12-31-21-24-14(3)15(4)27(21)16-9-7-6-8-10-16/h13,16H,6-12,23H2,1-5H3. The molecule has 0 amide bonds. The van der Waals surface area contributed by atoms with Gasteiger partial charge in [0.1, 0.15) is 11.4 Å². The quantitative estimate of drug-likeness (QED) is 0.517. The first-order valence-electron chi connectivity index (χ1n) is 10.9. The zero-order chi connectivity index (χ0) is 22.9. The van der Waals surface area contributed by atoms with E-state index in [-0.39, 0.29) is 28.8 Å². The minimum atomic E-state index is -0.643. The van der Waals surface area contributed by atoms with Gasteiger partial charge in [0.25, 0.3) is 5.56 Å². The van der Waals surface area contributed by atoms with Crippen LogP contribution in [0.5, 0.6) is 0 Å². The molecule has 2 heterocycles. The van der Waals surface area contributed by atoms with Gasteiger partial charge in [-0.3, -0.25) is 18.7 Å². The van der Waals surface area contributed by atoms with Crippen LogP contribution in [0.2, 0.25) is 0 Å². The summed E-state index contributed by atoms with van der Waals surface area (Å²) < 4.78 is 4.54. The second-order valence-electron chi connectivity index (χ2n) is 8.85. The molecule has 31 heavy (non-hydrogen) atoms. The van der Waals surface area contributed by atoms with E-state index in [0.29, 0.717) is 12.6 Å². The van der Waals surface area contributed by atoms with Crippen LogP contribution in [-0.2, 0) is 13.6 Å². The second-order valence-corrected chi connectivity index (χ2v) is 9.79. The minimum Gasteiger partial charge on any atom is -0.384 e. The number of aromatic nitrogens is 4. The van der Waals surface area contributed by atoms with Gasteiger partial charge >= 0.3 is 5.69 Å². The van der Waals surface area contributed by atoms with Crippen LogP contribution in [0.4, 0.5) is 5.82 Å². The highest BCUT2D eigenvalue weighted by Gasteiger charge is 2.25. The van der Waals surface area contributed by atoms with E-state index in [1.165, 1.54) is 42.6 Å². The third-order valence-corrected chi connectivity index (χ3v) is 6.99. The van der Waals surface area contributed by atoms with Crippen LogP contribution in [0, 0.1) is 19.8 Å². The molecule has 2 N–H and O–H groups in total. The van der Waals surface area contributed by atoms with Gasteiger partial charge in [-0.25, -0.2) is 9.78 Å². The van der Waals surface area contributed by atoms with Crippen molar-refractivity contribution in [2.45, 2.75) is 77.5 Å². The van der Waals surface area contributed by atoms with E-state index >= 15 is 0 Å². The fraction of sp³-hybridized carbons (Fsp3) is 0.636. The molecule has 2 aromatic rings. The number of nitrogen functional groups attached to an aromatic ring is 1. The van der Waals surface area contributed by atoms with Gasteiger partial charge in [-0.1, -0.05) is 44.9 Å². The number of nitrogens with two attached hydrogens (primary N) is 1. The Labute approximate surface area is 186 Å². The highest BCUT2D eigenvalue weighted by atomic mass is 32.2. The number of nitrogens with zero attached hydrogens (tertiary/aromatic N) is 4. The number of aryl methyl sites for hydroxylation is 1. The lowest BCUT2D eigenvalue weighted by Gasteiger charge is -2.26. The summed E-state index contributed by atoms with van der Waals surface area (Å²) in [6, 6.07) is 0.401. The van der Waals surface area contributed by atoms with Crippen LogP contribution >= 0.6 is 11.8 Å². The number of imidazole rings is 1. The molecule has 1 fully saturated rings. The third kappa shape index (κ3) is 4.66. The average Bonchev–Trinajstić information content (AvgIpc) is 3.02. The SMILES string of the molecule is Cc1nc(SCC(=O)c2c(N)n(CC(C)C)c(=O)n(C)c2=O)n(C2CCCCC2)c1C. The Morgan fingerprint density at radius 3 is 2.45 bits per heavy atom. The van der Waals surface area contributed by atoms with Crippen molar-refractivity contribution >= 4 is 23.4 Å². The largest absolute Gasteiger partial charge is 0.384 e. The lowest BCUT2D eigenvalue weighted by Crippen LogP contribution is -2.43. The molecule has 1 aliphatic carbocycles. The summed E-state index contributed by atoms with van der Waals surface area (Å²) in [5.41, 5.74) is 6.98. The average molecular weight is 448 g/mol. The molecule has 170 valence electrons. The number of Topliss-reactive ketones (excluding diaryl/α,β-unsaturated/α-hetero) is 1. The van der Waals surface area contributed by atoms with Gasteiger partial charge in [0.15, 0.2) is 10.9 Å². The molecule has 1 aliphatic rings. The molecule has 9 heteroatoms. The number of ketones is 1. The summed E-state index contributed by atoms with van der Waals surface area (Å²) in [5, 5.41) is 0.807. The zero-order valence-electron chi connectivity index (χ0n) is 19.1. The van der Waals surface area contributed by atoms with Crippen LogP contribution in [-0.4, -0.2) is 30.2 Å². The Morgan fingerprint density at radius 2 is 1.84 bits per heavy atom. The Bertz CT molecular complexity index is 1090. The molecule has 0 radical (unpaired) electrons. The highest BCUT2D eigenvalue weighted by molar-refractivity contribution is 7.99. The van der Waals surface area contributed by atoms with Crippen molar-refractivity contribution in [2.75, 3.05) is 11.5 Å². The summed E-state index contributed by atoms with van der Waals surface area (Å²) in [4.78, 5) is 42.9. The Balaban J connectivity index is 1.90. The molecular weight excluding hydrogens is 414 g/mol. The van der Waals surface area contributed by atoms with Gasteiger partial charge in [0, 0.05) is 25.3 Å². The molecule has 0 saturated heterocycles. The van der Waals surface area contributed by atoms with Crippen LogP contribution in [0.25, 0.3) is 0 Å². The fourth-order valence-electron chi connectivity index (χ4n) is 4.26. The van der Waals surface area contributed by atoms with Gasteiger partial charge in [0.05, 0.1) is 11.4 Å². The van der Waals surface area contributed by atoms with Gasteiger partial charge in [-0.2, -0.15) is 0 Å². The van der Waals surface area contributed by atoms with Crippen LogP contribution in [0.1, 0.15) is 73.7 Å². The molecule has 0 atom stereocenters. The summed E-state index contributed by atoms with van der Waals surface area (Å²) >= 11 is 1.34.